The van der Waals surface area contributed by atoms with Gasteiger partial charge in [0.05, 0.1) is 6.54 Å². The van der Waals surface area contributed by atoms with E-state index in [1.807, 2.05) is 35.2 Å². The number of carbonyl (C=O) groups excluding carboxylic acids is 1. The molecule has 0 N–H and O–H groups in total. The van der Waals surface area contributed by atoms with Crippen molar-refractivity contribution in [3.8, 4) is 0 Å². The van der Waals surface area contributed by atoms with Gasteiger partial charge < -0.3 is 9.47 Å². The first-order valence-corrected chi connectivity index (χ1v) is 9.08. The van der Waals surface area contributed by atoms with Gasteiger partial charge in [-0.05, 0) is 42.5 Å². The summed E-state index contributed by atoms with van der Waals surface area (Å²) in [6.45, 7) is 6.54. The third kappa shape index (κ3) is 4.21. The zero-order valence-corrected chi connectivity index (χ0v) is 15.2. The Hall–Kier alpha value is -1.74. The van der Waals surface area contributed by atoms with Crippen molar-refractivity contribution in [3.05, 3.63) is 58.9 Å². The molecule has 1 aliphatic rings. The molecule has 0 bridgehead atoms. The van der Waals surface area contributed by atoms with E-state index in [-0.39, 0.29) is 5.92 Å². The van der Waals surface area contributed by atoms with Crippen LogP contribution in [-0.2, 0) is 17.9 Å². The lowest BCUT2D eigenvalue weighted by Crippen LogP contribution is -2.35. The minimum absolute atomic E-state index is 0.260. The minimum Gasteiger partial charge on any atom is -0.345 e. The molecule has 2 aromatic rings. The van der Waals surface area contributed by atoms with Crippen molar-refractivity contribution >= 4 is 17.5 Å². The number of carbonyl (C=O) groups is 1. The molecule has 0 saturated heterocycles. The molecule has 128 valence electrons. The number of amides is 1. The summed E-state index contributed by atoms with van der Waals surface area (Å²) < 4.78 is 2.19. The van der Waals surface area contributed by atoms with Crippen LogP contribution in [0.1, 0.15) is 37.9 Å². The van der Waals surface area contributed by atoms with Crippen molar-refractivity contribution in [2.45, 2.75) is 39.8 Å². The summed E-state index contributed by atoms with van der Waals surface area (Å²) in [7, 11) is 0. The zero-order valence-electron chi connectivity index (χ0n) is 14.4. The summed E-state index contributed by atoms with van der Waals surface area (Å²) >= 11 is 6.29. The molecule has 1 saturated carbocycles. The predicted molar refractivity (Wildman–Crippen MR) is 98.0 cm³/mol. The Morgan fingerprint density at radius 3 is 2.67 bits per heavy atom. The van der Waals surface area contributed by atoms with Crippen molar-refractivity contribution in [2.24, 2.45) is 11.8 Å². The molecule has 3 rings (SSSR count). The maximum atomic E-state index is 12.6. The number of rotatable bonds is 7. The molecule has 0 radical (unpaired) electrons. The molecule has 1 amide bonds. The number of nitrogens with zero attached hydrogens (tertiary/aromatic N) is 2. The Morgan fingerprint density at radius 1 is 1.25 bits per heavy atom. The fraction of sp³-hybridized carbons (Fsp3) is 0.450. The van der Waals surface area contributed by atoms with Crippen LogP contribution in [0.15, 0.2) is 42.6 Å². The van der Waals surface area contributed by atoms with E-state index in [0.29, 0.717) is 18.4 Å². The van der Waals surface area contributed by atoms with E-state index in [9.17, 15) is 4.79 Å². The smallest absolute Gasteiger partial charge is 0.226 e. The van der Waals surface area contributed by atoms with Gasteiger partial charge in [-0.2, -0.15) is 0 Å². The standard InChI is InChI=1S/C20H25ClN2O/c1-15(2)12-23(20(24)16-9-10-16)14-18-7-5-11-22(18)13-17-6-3-4-8-19(17)21/h3-8,11,15-16H,9-10,12-14H2,1-2H3. The van der Waals surface area contributed by atoms with E-state index in [0.717, 1.165) is 42.2 Å². The SMILES string of the molecule is CC(C)CN(Cc1cccn1Cc1ccccc1Cl)C(=O)C1CC1. The van der Waals surface area contributed by atoms with Gasteiger partial charge >= 0.3 is 0 Å². The lowest BCUT2D eigenvalue weighted by molar-refractivity contribution is -0.133. The van der Waals surface area contributed by atoms with E-state index >= 15 is 0 Å². The fourth-order valence-electron chi connectivity index (χ4n) is 3.01. The molecule has 3 nitrogen and oxygen atoms in total. The van der Waals surface area contributed by atoms with Crippen LogP contribution in [0.5, 0.6) is 0 Å². The average molecular weight is 345 g/mol. The number of hydrogen-bond donors (Lipinski definition) is 0. The van der Waals surface area contributed by atoms with Crippen LogP contribution in [0.4, 0.5) is 0 Å². The zero-order chi connectivity index (χ0) is 17.1. The highest BCUT2D eigenvalue weighted by Gasteiger charge is 2.33. The number of benzene rings is 1. The normalized spacial score (nSPS) is 14.2. The van der Waals surface area contributed by atoms with Gasteiger partial charge in [0.2, 0.25) is 5.91 Å². The second kappa shape index (κ2) is 7.43. The van der Waals surface area contributed by atoms with Crippen LogP contribution in [0.25, 0.3) is 0 Å². The van der Waals surface area contributed by atoms with Crippen molar-refractivity contribution in [3.63, 3.8) is 0 Å². The summed E-state index contributed by atoms with van der Waals surface area (Å²) in [5.74, 6) is 1.05. The maximum Gasteiger partial charge on any atom is 0.226 e. The molecule has 1 aromatic heterocycles. The topological polar surface area (TPSA) is 25.2 Å². The third-order valence-corrected chi connectivity index (χ3v) is 4.77. The molecule has 1 aromatic carbocycles. The summed E-state index contributed by atoms with van der Waals surface area (Å²) in [5, 5.41) is 0.783. The van der Waals surface area contributed by atoms with Gasteiger partial charge in [0.15, 0.2) is 0 Å². The lowest BCUT2D eigenvalue weighted by Gasteiger charge is -2.25. The highest BCUT2D eigenvalue weighted by Crippen LogP contribution is 2.32. The largest absolute Gasteiger partial charge is 0.345 e. The quantitative estimate of drug-likeness (QED) is 0.721. The van der Waals surface area contributed by atoms with Crippen LogP contribution in [0, 0.1) is 11.8 Å². The summed E-state index contributed by atoms with van der Waals surface area (Å²) in [6.07, 6.45) is 4.16. The maximum absolute atomic E-state index is 12.6. The first-order valence-electron chi connectivity index (χ1n) is 8.71. The molecule has 0 unspecified atom stereocenters. The molecule has 0 spiro atoms. The van der Waals surface area contributed by atoms with Crippen LogP contribution in [-0.4, -0.2) is 21.9 Å². The van der Waals surface area contributed by atoms with Gasteiger partial charge in [0.1, 0.15) is 0 Å². The Morgan fingerprint density at radius 2 is 2.00 bits per heavy atom. The van der Waals surface area contributed by atoms with E-state index in [4.69, 9.17) is 11.6 Å². The molecule has 0 atom stereocenters. The van der Waals surface area contributed by atoms with E-state index in [1.165, 1.54) is 0 Å². The highest BCUT2D eigenvalue weighted by molar-refractivity contribution is 6.31. The first kappa shape index (κ1) is 17.1. The van der Waals surface area contributed by atoms with Gasteiger partial charge in [-0.3, -0.25) is 4.79 Å². The number of halogens is 1. The van der Waals surface area contributed by atoms with Gasteiger partial charge in [0.25, 0.3) is 0 Å². The molecule has 0 aliphatic heterocycles. The number of aromatic nitrogens is 1. The van der Waals surface area contributed by atoms with Crippen molar-refractivity contribution < 1.29 is 4.79 Å². The van der Waals surface area contributed by atoms with Gasteiger partial charge in [0, 0.05) is 35.9 Å². The van der Waals surface area contributed by atoms with Gasteiger partial charge in [-0.25, -0.2) is 0 Å². The summed E-state index contributed by atoms with van der Waals surface area (Å²) in [6, 6.07) is 12.1. The van der Waals surface area contributed by atoms with Gasteiger partial charge in [-0.1, -0.05) is 43.6 Å². The summed E-state index contributed by atoms with van der Waals surface area (Å²) in [5.41, 5.74) is 2.25. The molecular formula is C20H25ClN2O. The Bertz CT molecular complexity index is 703. The molecule has 4 heteroatoms. The van der Waals surface area contributed by atoms with Crippen LogP contribution in [0.3, 0.4) is 0 Å². The second-order valence-electron chi connectivity index (χ2n) is 7.11. The highest BCUT2D eigenvalue weighted by atomic mass is 35.5. The molecule has 1 aliphatic carbocycles. The van der Waals surface area contributed by atoms with Crippen molar-refractivity contribution in [1.82, 2.24) is 9.47 Å². The Labute approximate surface area is 149 Å². The third-order valence-electron chi connectivity index (χ3n) is 4.40. The van der Waals surface area contributed by atoms with Crippen LogP contribution in [0.2, 0.25) is 5.02 Å². The lowest BCUT2D eigenvalue weighted by atomic mass is 10.2. The van der Waals surface area contributed by atoms with Gasteiger partial charge in [-0.15, -0.1) is 0 Å². The molecular weight excluding hydrogens is 320 g/mol. The molecule has 1 heterocycles. The van der Waals surface area contributed by atoms with Crippen molar-refractivity contribution in [2.75, 3.05) is 6.54 Å². The average Bonchev–Trinajstić information content (AvgIpc) is 3.30. The van der Waals surface area contributed by atoms with Crippen LogP contribution >= 0.6 is 11.6 Å². The monoisotopic (exact) mass is 344 g/mol. The fourth-order valence-corrected chi connectivity index (χ4v) is 3.21. The van der Waals surface area contributed by atoms with E-state index in [2.05, 4.69) is 30.7 Å². The molecule has 24 heavy (non-hydrogen) atoms. The predicted octanol–water partition coefficient (Wildman–Crippen LogP) is 4.58. The van der Waals surface area contributed by atoms with E-state index < -0.39 is 0 Å². The Kier molecular flexibility index (Phi) is 5.30. The Balaban J connectivity index is 1.75. The number of hydrogen-bond acceptors (Lipinski definition) is 1. The van der Waals surface area contributed by atoms with Crippen LogP contribution < -0.4 is 0 Å². The minimum atomic E-state index is 0.260. The first-order chi connectivity index (χ1) is 11.5. The second-order valence-corrected chi connectivity index (χ2v) is 7.51. The van der Waals surface area contributed by atoms with E-state index in [1.54, 1.807) is 0 Å². The van der Waals surface area contributed by atoms with Crippen molar-refractivity contribution in [1.29, 1.82) is 0 Å². The molecule has 1 fully saturated rings. The summed E-state index contributed by atoms with van der Waals surface area (Å²) in [4.78, 5) is 14.6.